The molecule has 4 unspecified atom stereocenters. The molecule has 1 heterocycles. The number of halogens is 3. The van der Waals surface area contributed by atoms with E-state index in [1.165, 1.54) is 12.1 Å². The lowest BCUT2D eigenvalue weighted by Gasteiger charge is -2.37. The smallest absolute Gasteiger partial charge is 0.274 e. The molecule has 1 aromatic carbocycles. The van der Waals surface area contributed by atoms with Gasteiger partial charge in [0.1, 0.15) is 0 Å². The van der Waals surface area contributed by atoms with Crippen molar-refractivity contribution in [3.05, 3.63) is 42.0 Å². The second-order valence-electron chi connectivity index (χ2n) is 7.21. The van der Waals surface area contributed by atoms with E-state index < -0.39 is 23.6 Å². The first-order chi connectivity index (χ1) is 11.4. The number of benzene rings is 1. The first kappa shape index (κ1) is 14.3. The maximum absolute atomic E-state index is 12.9. The molecule has 6 rings (SSSR count). The van der Waals surface area contributed by atoms with Crippen molar-refractivity contribution in [3.63, 3.8) is 0 Å². The summed E-state index contributed by atoms with van der Waals surface area (Å²) in [5.41, 5.74) is -0.818. The van der Waals surface area contributed by atoms with E-state index in [1.54, 1.807) is 0 Å². The Labute approximate surface area is 136 Å². The Morgan fingerprint density at radius 1 is 0.958 bits per heavy atom. The molecular formula is C18H14F3NO2. The molecule has 5 aliphatic rings. The lowest BCUT2D eigenvalue weighted by molar-refractivity contribution is -0.137. The van der Waals surface area contributed by atoms with Crippen LogP contribution < -0.4 is 4.90 Å². The molecule has 0 N–H and O–H groups in total. The number of amides is 2. The van der Waals surface area contributed by atoms with Crippen LogP contribution in [0.15, 0.2) is 36.4 Å². The van der Waals surface area contributed by atoms with Crippen LogP contribution in [-0.2, 0) is 15.8 Å². The minimum atomic E-state index is -4.50. The minimum Gasteiger partial charge on any atom is -0.274 e. The van der Waals surface area contributed by atoms with E-state index in [9.17, 15) is 22.8 Å². The average Bonchev–Trinajstić information content (AvgIpc) is 3.31. The summed E-state index contributed by atoms with van der Waals surface area (Å²) in [7, 11) is 0. The van der Waals surface area contributed by atoms with Gasteiger partial charge in [-0.1, -0.05) is 18.2 Å². The van der Waals surface area contributed by atoms with Crippen molar-refractivity contribution in [2.45, 2.75) is 12.6 Å². The van der Waals surface area contributed by atoms with Crippen molar-refractivity contribution in [3.8, 4) is 0 Å². The van der Waals surface area contributed by atoms with E-state index in [0.29, 0.717) is 11.8 Å². The topological polar surface area (TPSA) is 37.4 Å². The summed E-state index contributed by atoms with van der Waals surface area (Å²) in [6.45, 7) is 0. The minimum absolute atomic E-state index is 0.0299. The summed E-state index contributed by atoms with van der Waals surface area (Å²) in [6, 6.07) is 4.48. The summed E-state index contributed by atoms with van der Waals surface area (Å²) in [6.07, 6.45) is 0.637. The fourth-order valence-corrected chi connectivity index (χ4v) is 5.03. The second-order valence-corrected chi connectivity index (χ2v) is 7.21. The predicted molar refractivity (Wildman–Crippen MR) is 78.6 cm³/mol. The Morgan fingerprint density at radius 3 is 2.08 bits per heavy atom. The Hall–Kier alpha value is -2.11. The van der Waals surface area contributed by atoms with Gasteiger partial charge in [-0.2, -0.15) is 13.2 Å². The number of nitrogens with zero attached hydrogens (tertiary/aromatic N) is 1. The molecule has 4 aliphatic carbocycles. The fraction of sp³-hybridized carbons (Fsp3) is 0.444. The Kier molecular flexibility index (Phi) is 2.55. The number of carbonyl (C=O) groups excluding carboxylic acids is 2. The van der Waals surface area contributed by atoms with Crippen LogP contribution in [0.2, 0.25) is 0 Å². The van der Waals surface area contributed by atoms with Crippen LogP contribution in [0, 0.1) is 35.5 Å². The second kappa shape index (κ2) is 4.29. The first-order valence-electron chi connectivity index (χ1n) is 8.11. The van der Waals surface area contributed by atoms with Crippen molar-refractivity contribution in [2.75, 3.05) is 4.90 Å². The van der Waals surface area contributed by atoms with Crippen LogP contribution in [-0.4, -0.2) is 11.8 Å². The molecule has 3 nitrogen and oxygen atoms in total. The summed E-state index contributed by atoms with van der Waals surface area (Å²) in [5.74, 6) is -0.395. The van der Waals surface area contributed by atoms with Crippen molar-refractivity contribution < 1.29 is 22.8 Å². The quantitative estimate of drug-likeness (QED) is 0.584. The Bertz CT molecular complexity index is 764. The molecule has 2 amide bonds. The van der Waals surface area contributed by atoms with Crippen LogP contribution in [0.5, 0.6) is 0 Å². The zero-order valence-electron chi connectivity index (χ0n) is 12.5. The summed E-state index contributed by atoms with van der Waals surface area (Å²) < 4.78 is 38.8. The zero-order chi connectivity index (χ0) is 16.8. The number of hydrogen-bond acceptors (Lipinski definition) is 2. The van der Waals surface area contributed by atoms with Gasteiger partial charge in [-0.25, -0.2) is 0 Å². The highest BCUT2D eigenvalue weighted by molar-refractivity contribution is 6.22. The van der Waals surface area contributed by atoms with Crippen LogP contribution in [0.1, 0.15) is 12.0 Å². The third kappa shape index (κ3) is 1.69. The van der Waals surface area contributed by atoms with Gasteiger partial charge in [-0.3, -0.25) is 14.5 Å². The number of carbonyl (C=O) groups is 2. The normalized spacial score (nSPS) is 39.2. The number of alkyl halides is 3. The van der Waals surface area contributed by atoms with Crippen molar-refractivity contribution >= 4 is 17.5 Å². The van der Waals surface area contributed by atoms with Crippen molar-refractivity contribution in [2.24, 2.45) is 35.5 Å². The number of rotatable bonds is 1. The van der Waals surface area contributed by atoms with E-state index in [4.69, 9.17) is 0 Å². The van der Waals surface area contributed by atoms with E-state index >= 15 is 0 Å². The molecule has 24 heavy (non-hydrogen) atoms. The SMILES string of the molecule is O=C1[C@@H]2C3C=CC(C4CC43)[C@@H]2C(=O)N1c1cccc(C(F)(F)F)c1. The summed E-state index contributed by atoms with van der Waals surface area (Å²) in [4.78, 5) is 26.7. The van der Waals surface area contributed by atoms with Gasteiger partial charge in [0.25, 0.3) is 0 Å². The van der Waals surface area contributed by atoms with Crippen LogP contribution in [0.3, 0.4) is 0 Å². The third-order valence-corrected chi connectivity index (χ3v) is 6.09. The van der Waals surface area contributed by atoms with E-state index in [1.807, 2.05) is 12.2 Å². The zero-order valence-corrected chi connectivity index (χ0v) is 12.5. The first-order valence-corrected chi connectivity index (χ1v) is 8.11. The highest BCUT2D eigenvalue weighted by Crippen LogP contribution is 2.65. The molecule has 2 bridgehead atoms. The molecule has 3 fully saturated rings. The van der Waals surface area contributed by atoms with E-state index in [2.05, 4.69) is 0 Å². The summed E-state index contributed by atoms with van der Waals surface area (Å²) in [5, 5.41) is 0. The molecule has 6 atom stereocenters. The molecular weight excluding hydrogens is 319 g/mol. The fourth-order valence-electron chi connectivity index (χ4n) is 5.03. The number of allylic oxidation sites excluding steroid dienone is 2. The highest BCUT2D eigenvalue weighted by atomic mass is 19.4. The number of imide groups is 1. The molecule has 124 valence electrons. The predicted octanol–water partition coefficient (Wildman–Crippen LogP) is 3.26. The largest absolute Gasteiger partial charge is 0.416 e. The monoisotopic (exact) mass is 333 g/mol. The molecule has 0 aromatic heterocycles. The molecule has 0 spiro atoms. The van der Waals surface area contributed by atoms with Gasteiger partial charge in [-0.15, -0.1) is 0 Å². The lowest BCUT2D eigenvalue weighted by Crippen LogP contribution is -2.40. The highest BCUT2D eigenvalue weighted by Gasteiger charge is 2.67. The number of hydrogen-bond donors (Lipinski definition) is 0. The van der Waals surface area contributed by atoms with E-state index in [-0.39, 0.29) is 29.3 Å². The van der Waals surface area contributed by atoms with Gasteiger partial charge in [0, 0.05) is 0 Å². The molecule has 6 heteroatoms. The Morgan fingerprint density at radius 2 is 1.54 bits per heavy atom. The van der Waals surface area contributed by atoms with Crippen molar-refractivity contribution in [1.29, 1.82) is 0 Å². The number of anilines is 1. The van der Waals surface area contributed by atoms with Gasteiger partial charge < -0.3 is 0 Å². The lowest BCUT2D eigenvalue weighted by atomic mass is 9.63. The van der Waals surface area contributed by atoms with Crippen LogP contribution in [0.4, 0.5) is 18.9 Å². The molecule has 1 aliphatic heterocycles. The van der Waals surface area contributed by atoms with Gasteiger partial charge >= 0.3 is 6.18 Å². The maximum atomic E-state index is 12.9. The molecule has 1 saturated heterocycles. The standard InChI is InChI=1S/C18H14F3NO2/c19-18(20,21)8-2-1-3-9(6-8)22-16(23)14-10-4-5-11(13-7-12(10)13)15(14)17(22)24/h1-6,10-15H,7H2/t10?,11?,12?,13?,14-,15+. The van der Waals surface area contributed by atoms with Crippen LogP contribution in [0.25, 0.3) is 0 Å². The maximum Gasteiger partial charge on any atom is 0.416 e. The molecule has 2 saturated carbocycles. The van der Waals surface area contributed by atoms with Gasteiger partial charge in [0.15, 0.2) is 0 Å². The molecule has 0 radical (unpaired) electrons. The van der Waals surface area contributed by atoms with Crippen LogP contribution >= 0.6 is 0 Å². The van der Waals surface area contributed by atoms with Gasteiger partial charge in [0.05, 0.1) is 23.1 Å². The van der Waals surface area contributed by atoms with Gasteiger partial charge in [-0.05, 0) is 48.3 Å². The summed E-state index contributed by atoms with van der Waals surface area (Å²) >= 11 is 0. The van der Waals surface area contributed by atoms with Gasteiger partial charge in [0.2, 0.25) is 11.8 Å². The van der Waals surface area contributed by atoms with E-state index in [0.717, 1.165) is 23.5 Å². The molecule has 1 aromatic rings. The average molecular weight is 333 g/mol. The Balaban J connectivity index is 1.55. The van der Waals surface area contributed by atoms with Crippen molar-refractivity contribution in [1.82, 2.24) is 0 Å². The third-order valence-electron chi connectivity index (χ3n) is 6.09.